The number of carbonyl (C=O) groups excluding carboxylic acids is 1. The fraction of sp³-hybridized carbons (Fsp3) is 0.481. The number of carbonyl (C=O) groups is 2. The van der Waals surface area contributed by atoms with Crippen molar-refractivity contribution in [2.45, 2.75) is 64.1 Å². The van der Waals surface area contributed by atoms with E-state index in [4.69, 9.17) is 4.74 Å². The number of aliphatic carboxylic acids is 1. The van der Waals surface area contributed by atoms with Gasteiger partial charge in [0.15, 0.2) is 0 Å². The smallest absolute Gasteiger partial charge is 0.323 e. The van der Waals surface area contributed by atoms with Crippen molar-refractivity contribution in [3.63, 3.8) is 0 Å². The Hall–Kier alpha value is -3.06. The number of carboxylic acid groups (broad SMARTS) is 1. The Labute approximate surface area is 201 Å². The third-order valence-corrected chi connectivity index (χ3v) is 6.50. The van der Waals surface area contributed by atoms with E-state index in [9.17, 15) is 19.8 Å². The maximum atomic E-state index is 13.4. The van der Waals surface area contributed by atoms with Gasteiger partial charge in [0.25, 0.3) is 0 Å². The van der Waals surface area contributed by atoms with E-state index in [0.717, 1.165) is 11.3 Å². The first-order valence-corrected chi connectivity index (χ1v) is 11.9. The van der Waals surface area contributed by atoms with E-state index in [-0.39, 0.29) is 31.0 Å². The quantitative estimate of drug-likeness (QED) is 0.476. The number of hydrogen-bond donors (Lipinski definition) is 3. The standard InChI is InChI=1S/C27H36N2O5/c1-18(2)21-7-5-8-22(15-21)28-24-12-10-20(11-13-25(24)30)27(33)29(17-26(31)32)16-19-6-4-9-23(14-19)34-3/h4-9,14-15,18,20,24-25,28,30H,10-13,16-17H2,1-3H3,(H,31,32)/t20-,24+,25+/m1/s1. The summed E-state index contributed by atoms with van der Waals surface area (Å²) in [6, 6.07) is 15.3. The van der Waals surface area contributed by atoms with E-state index in [2.05, 4.69) is 31.3 Å². The van der Waals surface area contributed by atoms with Gasteiger partial charge in [0.1, 0.15) is 12.3 Å². The number of hydrogen-bond acceptors (Lipinski definition) is 5. The number of nitrogens with one attached hydrogen (secondary N) is 1. The summed E-state index contributed by atoms with van der Waals surface area (Å²) in [5.41, 5.74) is 3.00. The van der Waals surface area contributed by atoms with E-state index in [1.807, 2.05) is 36.4 Å². The molecule has 34 heavy (non-hydrogen) atoms. The zero-order valence-corrected chi connectivity index (χ0v) is 20.2. The van der Waals surface area contributed by atoms with Crippen molar-refractivity contribution < 1.29 is 24.5 Å². The summed E-state index contributed by atoms with van der Waals surface area (Å²) in [5, 5.41) is 23.6. The van der Waals surface area contributed by atoms with Gasteiger partial charge < -0.3 is 25.2 Å². The summed E-state index contributed by atoms with van der Waals surface area (Å²) in [5.74, 6) is -0.483. The summed E-state index contributed by atoms with van der Waals surface area (Å²) in [7, 11) is 1.57. The van der Waals surface area contributed by atoms with Crippen molar-refractivity contribution in [1.82, 2.24) is 4.90 Å². The molecule has 184 valence electrons. The number of rotatable bonds is 9. The number of methoxy groups -OCH3 is 1. The summed E-state index contributed by atoms with van der Waals surface area (Å²) < 4.78 is 5.25. The van der Waals surface area contributed by atoms with Gasteiger partial charge in [-0.05, 0) is 67.0 Å². The minimum absolute atomic E-state index is 0.161. The lowest BCUT2D eigenvalue weighted by molar-refractivity contribution is -0.147. The van der Waals surface area contributed by atoms with Crippen molar-refractivity contribution in [3.8, 4) is 5.75 Å². The second-order valence-electron chi connectivity index (χ2n) is 9.39. The van der Waals surface area contributed by atoms with Gasteiger partial charge in [-0.1, -0.05) is 38.1 Å². The second-order valence-corrected chi connectivity index (χ2v) is 9.39. The zero-order valence-electron chi connectivity index (χ0n) is 20.2. The van der Waals surface area contributed by atoms with Crippen LogP contribution in [0.1, 0.15) is 56.6 Å². The third kappa shape index (κ3) is 6.97. The first kappa shape index (κ1) is 25.6. The Morgan fingerprint density at radius 2 is 1.82 bits per heavy atom. The lowest BCUT2D eigenvalue weighted by Crippen LogP contribution is -2.39. The average Bonchev–Trinajstić information content (AvgIpc) is 2.99. The van der Waals surface area contributed by atoms with E-state index >= 15 is 0 Å². The molecule has 2 aromatic rings. The first-order chi connectivity index (χ1) is 16.3. The Bertz CT molecular complexity index is 977. The molecule has 1 fully saturated rings. The van der Waals surface area contributed by atoms with Gasteiger partial charge in [0.2, 0.25) is 5.91 Å². The Morgan fingerprint density at radius 3 is 2.53 bits per heavy atom. The minimum atomic E-state index is -1.05. The summed E-state index contributed by atoms with van der Waals surface area (Å²) >= 11 is 0. The Kier molecular flexibility index (Phi) is 8.93. The van der Waals surface area contributed by atoms with Crippen molar-refractivity contribution in [3.05, 3.63) is 59.7 Å². The fourth-order valence-corrected chi connectivity index (χ4v) is 4.53. The number of amides is 1. The SMILES string of the molecule is COc1cccc(CN(CC(=O)O)C(=O)[C@@H]2CC[C@H](Nc3cccc(C(C)C)c3)[C@@H](O)CC2)c1. The molecule has 3 rings (SSSR count). The Balaban J connectivity index is 1.68. The lowest BCUT2D eigenvalue weighted by atomic mass is 9.98. The molecule has 1 aliphatic rings. The maximum absolute atomic E-state index is 13.4. The van der Waals surface area contributed by atoms with E-state index in [1.54, 1.807) is 7.11 Å². The van der Waals surface area contributed by atoms with Gasteiger partial charge in [0, 0.05) is 18.2 Å². The van der Waals surface area contributed by atoms with Crippen LogP contribution in [0.4, 0.5) is 5.69 Å². The molecular formula is C27H36N2O5. The van der Waals surface area contributed by atoms with Gasteiger partial charge in [-0.15, -0.1) is 0 Å². The molecule has 0 bridgehead atoms. The monoisotopic (exact) mass is 468 g/mol. The highest BCUT2D eigenvalue weighted by Crippen LogP contribution is 2.29. The number of benzene rings is 2. The van der Waals surface area contributed by atoms with Crippen LogP contribution in [-0.4, -0.2) is 52.8 Å². The van der Waals surface area contributed by atoms with Crippen molar-refractivity contribution >= 4 is 17.6 Å². The maximum Gasteiger partial charge on any atom is 0.323 e. The van der Waals surface area contributed by atoms with Crippen molar-refractivity contribution in [2.24, 2.45) is 5.92 Å². The van der Waals surface area contributed by atoms with Crippen LogP contribution in [0.2, 0.25) is 0 Å². The molecule has 0 heterocycles. The van der Waals surface area contributed by atoms with Gasteiger partial charge in [-0.2, -0.15) is 0 Å². The number of carboxylic acids is 1. The molecule has 0 radical (unpaired) electrons. The fourth-order valence-electron chi connectivity index (χ4n) is 4.53. The minimum Gasteiger partial charge on any atom is -0.497 e. The third-order valence-electron chi connectivity index (χ3n) is 6.50. The predicted molar refractivity (Wildman–Crippen MR) is 132 cm³/mol. The van der Waals surface area contributed by atoms with Crippen molar-refractivity contribution in [1.29, 1.82) is 0 Å². The van der Waals surface area contributed by atoms with E-state index in [0.29, 0.717) is 37.4 Å². The summed E-state index contributed by atoms with van der Waals surface area (Å²) in [4.78, 5) is 26.3. The lowest BCUT2D eigenvalue weighted by Gasteiger charge is -2.26. The molecule has 0 saturated heterocycles. The van der Waals surface area contributed by atoms with Gasteiger partial charge in [-0.3, -0.25) is 9.59 Å². The zero-order chi connectivity index (χ0) is 24.7. The first-order valence-electron chi connectivity index (χ1n) is 11.9. The van der Waals surface area contributed by atoms with Crippen LogP contribution in [0.25, 0.3) is 0 Å². The summed E-state index contributed by atoms with van der Waals surface area (Å²) in [6.45, 7) is 4.12. The molecule has 1 amide bonds. The van der Waals surface area contributed by atoms with Gasteiger partial charge in [0.05, 0.1) is 19.3 Å². The van der Waals surface area contributed by atoms with Crippen LogP contribution in [0, 0.1) is 5.92 Å². The molecule has 0 aromatic heterocycles. The van der Waals surface area contributed by atoms with Gasteiger partial charge in [-0.25, -0.2) is 0 Å². The molecule has 3 N–H and O–H groups in total. The van der Waals surface area contributed by atoms with Gasteiger partial charge >= 0.3 is 5.97 Å². The van der Waals surface area contributed by atoms with E-state index < -0.39 is 12.1 Å². The molecule has 0 unspecified atom stereocenters. The molecule has 1 aliphatic carbocycles. The van der Waals surface area contributed by atoms with Crippen LogP contribution in [0.3, 0.4) is 0 Å². The Morgan fingerprint density at radius 1 is 1.09 bits per heavy atom. The molecule has 0 aliphatic heterocycles. The number of nitrogens with zero attached hydrogens (tertiary/aromatic N) is 1. The number of aliphatic hydroxyl groups is 1. The van der Waals surface area contributed by atoms with Crippen LogP contribution in [-0.2, 0) is 16.1 Å². The predicted octanol–water partition coefficient (Wildman–Crippen LogP) is 4.26. The highest BCUT2D eigenvalue weighted by molar-refractivity contribution is 5.83. The highest BCUT2D eigenvalue weighted by Gasteiger charge is 2.32. The molecule has 7 heteroatoms. The van der Waals surface area contributed by atoms with Crippen LogP contribution in [0.5, 0.6) is 5.75 Å². The normalized spacial score (nSPS) is 20.4. The molecule has 3 atom stereocenters. The topological polar surface area (TPSA) is 99.1 Å². The van der Waals surface area contributed by atoms with Crippen molar-refractivity contribution in [2.75, 3.05) is 19.0 Å². The number of ether oxygens (including phenoxy) is 1. The average molecular weight is 469 g/mol. The largest absolute Gasteiger partial charge is 0.497 e. The number of anilines is 1. The van der Waals surface area contributed by atoms with Crippen LogP contribution in [0.15, 0.2) is 48.5 Å². The summed E-state index contributed by atoms with van der Waals surface area (Å²) in [6.07, 6.45) is 1.65. The van der Waals surface area contributed by atoms with Crippen LogP contribution >= 0.6 is 0 Å². The second kappa shape index (κ2) is 11.9. The van der Waals surface area contributed by atoms with Crippen LogP contribution < -0.4 is 10.1 Å². The molecule has 7 nitrogen and oxygen atoms in total. The molecule has 0 spiro atoms. The van der Waals surface area contributed by atoms with E-state index in [1.165, 1.54) is 10.5 Å². The molecule has 2 aromatic carbocycles. The number of aliphatic hydroxyl groups excluding tert-OH is 1. The molecule has 1 saturated carbocycles. The highest BCUT2D eigenvalue weighted by atomic mass is 16.5. The molecular weight excluding hydrogens is 432 g/mol.